The van der Waals surface area contributed by atoms with Crippen molar-refractivity contribution in [2.75, 3.05) is 11.9 Å². The number of nitrogens with two attached hydrogens (primary N) is 1. The highest BCUT2D eigenvalue weighted by Crippen LogP contribution is 2.41. The van der Waals surface area contributed by atoms with Gasteiger partial charge in [0.1, 0.15) is 5.82 Å². The monoisotopic (exact) mass is 375 g/mol. The zero-order chi connectivity index (χ0) is 20.1. The lowest BCUT2D eigenvalue weighted by atomic mass is 9.71. The fraction of sp³-hybridized carbons (Fsp3) is 0.208. The molecule has 0 radical (unpaired) electrons. The van der Waals surface area contributed by atoms with E-state index in [9.17, 15) is 4.39 Å². The third-order valence-corrected chi connectivity index (χ3v) is 5.13. The number of benzene rings is 3. The van der Waals surface area contributed by atoms with Crippen molar-refractivity contribution in [1.29, 1.82) is 5.41 Å². The van der Waals surface area contributed by atoms with E-state index in [-0.39, 0.29) is 17.2 Å². The van der Waals surface area contributed by atoms with Crippen molar-refractivity contribution in [2.24, 2.45) is 11.1 Å². The molecule has 4 heteroatoms. The number of hydrogen-bond acceptors (Lipinski definition) is 3. The Morgan fingerprint density at radius 1 is 1.00 bits per heavy atom. The Morgan fingerprint density at radius 3 is 2.29 bits per heavy atom. The molecule has 3 rings (SSSR count). The first kappa shape index (κ1) is 19.8. The molecule has 0 saturated heterocycles. The molecule has 28 heavy (non-hydrogen) atoms. The van der Waals surface area contributed by atoms with Crippen LogP contribution in [0, 0.1) is 16.6 Å². The quantitative estimate of drug-likeness (QED) is 0.465. The van der Waals surface area contributed by atoms with Gasteiger partial charge in [-0.05, 0) is 59.5 Å². The maximum atomic E-state index is 13.1. The van der Waals surface area contributed by atoms with E-state index in [0.717, 1.165) is 22.5 Å². The smallest absolute Gasteiger partial charge is 0.123 e. The lowest BCUT2D eigenvalue weighted by Crippen LogP contribution is -2.31. The van der Waals surface area contributed by atoms with Gasteiger partial charge in [0.05, 0.1) is 0 Å². The number of anilines is 2. The second-order valence-corrected chi connectivity index (χ2v) is 7.66. The molecule has 1 atom stereocenters. The number of halogens is 1. The minimum absolute atomic E-state index is 0.109. The summed E-state index contributed by atoms with van der Waals surface area (Å²) >= 11 is 0. The summed E-state index contributed by atoms with van der Waals surface area (Å²) in [6.07, 6.45) is 1.34. The van der Waals surface area contributed by atoms with E-state index >= 15 is 0 Å². The van der Waals surface area contributed by atoms with Crippen molar-refractivity contribution >= 4 is 17.6 Å². The average molecular weight is 375 g/mol. The zero-order valence-corrected chi connectivity index (χ0v) is 16.2. The lowest BCUT2D eigenvalue weighted by molar-refractivity contribution is 0.330. The van der Waals surface area contributed by atoms with Crippen molar-refractivity contribution in [3.05, 3.63) is 95.3 Å². The predicted octanol–water partition coefficient (Wildman–Crippen LogP) is 5.68. The summed E-state index contributed by atoms with van der Waals surface area (Å²) in [6.45, 7) is 4.88. The van der Waals surface area contributed by atoms with E-state index in [0.29, 0.717) is 6.54 Å². The van der Waals surface area contributed by atoms with Gasteiger partial charge in [-0.3, -0.25) is 0 Å². The first-order chi connectivity index (χ1) is 13.4. The van der Waals surface area contributed by atoms with Gasteiger partial charge in [0.15, 0.2) is 0 Å². The van der Waals surface area contributed by atoms with Gasteiger partial charge in [-0.1, -0.05) is 50.2 Å². The van der Waals surface area contributed by atoms with Crippen molar-refractivity contribution in [2.45, 2.75) is 19.8 Å². The molecule has 3 aromatic carbocycles. The van der Waals surface area contributed by atoms with Crippen LogP contribution >= 0.6 is 0 Å². The van der Waals surface area contributed by atoms with E-state index in [4.69, 9.17) is 11.1 Å². The molecular weight excluding hydrogens is 349 g/mol. The molecule has 4 N–H and O–H groups in total. The van der Waals surface area contributed by atoms with Gasteiger partial charge in [0, 0.05) is 29.1 Å². The highest BCUT2D eigenvalue weighted by molar-refractivity contribution is 5.87. The van der Waals surface area contributed by atoms with E-state index in [1.54, 1.807) is 12.1 Å². The van der Waals surface area contributed by atoms with Crippen LogP contribution in [0.4, 0.5) is 15.8 Å². The molecule has 0 heterocycles. The fourth-order valence-electron chi connectivity index (χ4n) is 3.54. The normalized spacial score (nSPS) is 12.4. The fourth-order valence-corrected chi connectivity index (χ4v) is 3.54. The van der Waals surface area contributed by atoms with Gasteiger partial charge in [-0.2, -0.15) is 0 Å². The average Bonchev–Trinajstić information content (AvgIpc) is 2.71. The molecule has 0 amide bonds. The molecule has 0 aromatic heterocycles. The number of nitrogens with one attached hydrogen (secondary N) is 2. The predicted molar refractivity (Wildman–Crippen MR) is 115 cm³/mol. The Kier molecular flexibility index (Phi) is 5.90. The van der Waals surface area contributed by atoms with Crippen LogP contribution in [0.3, 0.4) is 0 Å². The highest BCUT2D eigenvalue weighted by atomic mass is 19.1. The van der Waals surface area contributed by atoms with Gasteiger partial charge >= 0.3 is 0 Å². The summed E-state index contributed by atoms with van der Waals surface area (Å²) in [4.78, 5) is 0. The molecule has 0 aliphatic carbocycles. The van der Waals surface area contributed by atoms with E-state index in [2.05, 4.69) is 37.4 Å². The Labute approximate surface area is 165 Å². The van der Waals surface area contributed by atoms with Crippen LogP contribution in [0.25, 0.3) is 0 Å². The molecule has 0 bridgehead atoms. The SMILES string of the molecule is CC(C)(CN)C(c1ccccc1)c1ccc(Nc2ccc(F)cc2)c(C=N)c1. The molecular formula is C24H26FN3. The second-order valence-electron chi connectivity index (χ2n) is 7.66. The van der Waals surface area contributed by atoms with Crippen LogP contribution < -0.4 is 11.1 Å². The van der Waals surface area contributed by atoms with Crippen LogP contribution in [0.1, 0.15) is 36.5 Å². The van der Waals surface area contributed by atoms with Crippen molar-refractivity contribution < 1.29 is 4.39 Å². The number of hydrogen-bond donors (Lipinski definition) is 3. The molecule has 0 fully saturated rings. The van der Waals surface area contributed by atoms with E-state index in [1.165, 1.54) is 23.9 Å². The Balaban J connectivity index is 2.00. The summed E-state index contributed by atoms with van der Waals surface area (Å²) in [5.74, 6) is -0.167. The van der Waals surface area contributed by atoms with E-state index in [1.807, 2.05) is 30.3 Å². The Morgan fingerprint density at radius 2 is 1.68 bits per heavy atom. The third kappa shape index (κ3) is 4.29. The van der Waals surface area contributed by atoms with Gasteiger partial charge in [0.2, 0.25) is 0 Å². The Hall–Kier alpha value is -2.98. The largest absolute Gasteiger partial charge is 0.355 e. The van der Waals surface area contributed by atoms with Crippen LogP contribution in [-0.4, -0.2) is 12.8 Å². The molecule has 144 valence electrons. The first-order valence-electron chi connectivity index (χ1n) is 9.36. The summed E-state index contributed by atoms with van der Waals surface area (Å²) in [6, 6.07) is 22.6. The molecule has 3 nitrogen and oxygen atoms in total. The van der Waals surface area contributed by atoms with Crippen LogP contribution in [0.15, 0.2) is 72.8 Å². The minimum atomic E-state index is -0.275. The summed E-state index contributed by atoms with van der Waals surface area (Å²) in [5, 5.41) is 11.1. The van der Waals surface area contributed by atoms with E-state index < -0.39 is 0 Å². The van der Waals surface area contributed by atoms with Gasteiger partial charge in [0.25, 0.3) is 0 Å². The molecule has 0 aliphatic heterocycles. The summed E-state index contributed by atoms with van der Waals surface area (Å²) in [5.41, 5.74) is 10.6. The molecule has 0 aliphatic rings. The van der Waals surface area contributed by atoms with Crippen LogP contribution in [-0.2, 0) is 0 Å². The standard InChI is InChI=1S/C24H26FN3/c1-24(2,16-27)23(17-6-4-3-5-7-17)18-8-13-22(19(14-18)15-26)28-21-11-9-20(25)10-12-21/h3-15,23,26,28H,16,27H2,1-2H3. The molecule has 0 spiro atoms. The minimum Gasteiger partial charge on any atom is -0.355 e. The summed E-state index contributed by atoms with van der Waals surface area (Å²) < 4.78 is 13.1. The maximum absolute atomic E-state index is 13.1. The summed E-state index contributed by atoms with van der Waals surface area (Å²) in [7, 11) is 0. The van der Waals surface area contributed by atoms with Gasteiger partial charge in [-0.15, -0.1) is 0 Å². The third-order valence-electron chi connectivity index (χ3n) is 5.13. The first-order valence-corrected chi connectivity index (χ1v) is 9.36. The maximum Gasteiger partial charge on any atom is 0.123 e. The Bertz CT molecular complexity index is 934. The highest BCUT2D eigenvalue weighted by Gasteiger charge is 2.31. The lowest BCUT2D eigenvalue weighted by Gasteiger charge is -2.34. The zero-order valence-electron chi connectivity index (χ0n) is 16.2. The van der Waals surface area contributed by atoms with Crippen molar-refractivity contribution in [3.63, 3.8) is 0 Å². The van der Waals surface area contributed by atoms with Crippen molar-refractivity contribution in [3.8, 4) is 0 Å². The van der Waals surface area contributed by atoms with Gasteiger partial charge < -0.3 is 16.5 Å². The van der Waals surface area contributed by atoms with Crippen LogP contribution in [0.2, 0.25) is 0 Å². The second kappa shape index (κ2) is 8.36. The van der Waals surface area contributed by atoms with Gasteiger partial charge in [-0.25, -0.2) is 4.39 Å². The molecule has 0 saturated carbocycles. The topological polar surface area (TPSA) is 61.9 Å². The van der Waals surface area contributed by atoms with Crippen LogP contribution in [0.5, 0.6) is 0 Å². The molecule has 1 unspecified atom stereocenters. The van der Waals surface area contributed by atoms with Crippen molar-refractivity contribution in [1.82, 2.24) is 0 Å². The number of rotatable bonds is 7. The molecule has 3 aromatic rings.